The Morgan fingerprint density at radius 1 is 1.54 bits per heavy atom. The van der Waals surface area contributed by atoms with E-state index in [1.54, 1.807) is 20.1 Å². The van der Waals surface area contributed by atoms with Crippen molar-refractivity contribution in [3.63, 3.8) is 0 Å². The summed E-state index contributed by atoms with van der Waals surface area (Å²) in [6, 6.07) is 3.19. The summed E-state index contributed by atoms with van der Waals surface area (Å²) in [6.07, 6.45) is 0.0325. The summed E-state index contributed by atoms with van der Waals surface area (Å²) in [5.74, 6) is 0.507. The van der Waals surface area contributed by atoms with Gasteiger partial charge in [0.2, 0.25) is 0 Å². The lowest BCUT2D eigenvalue weighted by atomic mass is 10.1. The molecule has 1 aliphatic rings. The summed E-state index contributed by atoms with van der Waals surface area (Å²) in [7, 11) is 1.58. The molecule has 1 aliphatic heterocycles. The van der Waals surface area contributed by atoms with Gasteiger partial charge in [0.1, 0.15) is 17.7 Å². The van der Waals surface area contributed by atoms with Crippen LogP contribution in [-0.2, 0) is 4.74 Å². The lowest BCUT2D eigenvalue weighted by molar-refractivity contribution is 0.381. The van der Waals surface area contributed by atoms with E-state index in [4.69, 9.17) is 9.47 Å². The van der Waals surface area contributed by atoms with Gasteiger partial charge in [-0.15, -0.1) is 0 Å². The molecule has 0 unspecified atom stereocenters. The fourth-order valence-electron chi connectivity index (χ4n) is 1.33. The van der Waals surface area contributed by atoms with E-state index in [2.05, 4.69) is 0 Å². The number of rotatable bonds is 2. The molecule has 1 aromatic rings. The highest BCUT2D eigenvalue weighted by Crippen LogP contribution is 2.37. The molecule has 1 aromatic carbocycles. The van der Waals surface area contributed by atoms with Crippen molar-refractivity contribution in [2.75, 3.05) is 13.7 Å². The van der Waals surface area contributed by atoms with E-state index in [1.165, 1.54) is 6.07 Å². The molecule has 2 nitrogen and oxygen atoms in total. The van der Waals surface area contributed by atoms with Crippen molar-refractivity contribution >= 4 is 0 Å². The minimum absolute atomic E-state index is 0.0325. The van der Waals surface area contributed by atoms with Crippen LogP contribution in [0.15, 0.2) is 12.1 Å². The molecule has 1 saturated heterocycles. The van der Waals surface area contributed by atoms with Crippen molar-refractivity contribution in [3.05, 3.63) is 29.1 Å². The zero-order valence-corrected chi connectivity index (χ0v) is 7.63. The minimum Gasteiger partial charge on any atom is -0.496 e. The van der Waals surface area contributed by atoms with Gasteiger partial charge < -0.3 is 9.47 Å². The third kappa shape index (κ3) is 1.52. The number of halogens is 1. The number of methoxy groups -OCH3 is 1. The summed E-state index contributed by atoms with van der Waals surface area (Å²) >= 11 is 0. The Morgan fingerprint density at radius 2 is 2.23 bits per heavy atom. The van der Waals surface area contributed by atoms with E-state index in [0.29, 0.717) is 17.9 Å². The lowest BCUT2D eigenvalue weighted by Crippen LogP contribution is -1.94. The summed E-state index contributed by atoms with van der Waals surface area (Å²) in [5, 5.41) is 0. The number of aryl methyl sites for hydroxylation is 1. The highest BCUT2D eigenvalue weighted by atomic mass is 19.1. The number of benzene rings is 1. The van der Waals surface area contributed by atoms with Crippen molar-refractivity contribution in [2.24, 2.45) is 0 Å². The van der Waals surface area contributed by atoms with Crippen LogP contribution in [0, 0.1) is 12.7 Å². The molecule has 2 rings (SSSR count). The summed E-state index contributed by atoms with van der Waals surface area (Å²) in [6.45, 7) is 2.38. The van der Waals surface area contributed by atoms with E-state index in [1.807, 2.05) is 0 Å². The number of ether oxygens (including phenoxy) is 2. The molecule has 0 aliphatic carbocycles. The van der Waals surface area contributed by atoms with Gasteiger partial charge in [-0.1, -0.05) is 0 Å². The summed E-state index contributed by atoms with van der Waals surface area (Å²) < 4.78 is 23.4. The second-order valence-electron chi connectivity index (χ2n) is 3.17. The zero-order valence-electron chi connectivity index (χ0n) is 7.63. The number of epoxide rings is 1. The molecule has 0 radical (unpaired) electrons. The molecule has 1 fully saturated rings. The molecular weight excluding hydrogens is 171 g/mol. The second kappa shape index (κ2) is 3.00. The average molecular weight is 182 g/mol. The van der Waals surface area contributed by atoms with Gasteiger partial charge in [0.05, 0.1) is 13.7 Å². The van der Waals surface area contributed by atoms with Gasteiger partial charge in [0, 0.05) is 5.56 Å². The highest BCUT2D eigenvalue weighted by molar-refractivity contribution is 5.40. The van der Waals surface area contributed by atoms with Crippen molar-refractivity contribution in [1.29, 1.82) is 0 Å². The maximum atomic E-state index is 13.2. The van der Waals surface area contributed by atoms with Gasteiger partial charge in [-0.25, -0.2) is 4.39 Å². The first-order valence-electron chi connectivity index (χ1n) is 4.18. The fraction of sp³-hybridized carbons (Fsp3) is 0.400. The lowest BCUT2D eigenvalue weighted by Gasteiger charge is -2.07. The fourth-order valence-corrected chi connectivity index (χ4v) is 1.33. The molecule has 0 saturated carbocycles. The molecule has 0 N–H and O–H groups in total. The molecular formula is C10H11FO2. The third-order valence-electron chi connectivity index (χ3n) is 2.19. The zero-order chi connectivity index (χ0) is 9.42. The molecule has 0 spiro atoms. The van der Waals surface area contributed by atoms with Gasteiger partial charge >= 0.3 is 0 Å². The van der Waals surface area contributed by atoms with Crippen molar-refractivity contribution in [3.8, 4) is 5.75 Å². The molecule has 3 heteroatoms. The molecule has 1 heterocycles. The van der Waals surface area contributed by atoms with E-state index >= 15 is 0 Å². The van der Waals surface area contributed by atoms with Gasteiger partial charge in [-0.05, 0) is 24.6 Å². The Labute approximate surface area is 76.3 Å². The Balaban J connectivity index is 2.46. The first kappa shape index (κ1) is 8.51. The van der Waals surface area contributed by atoms with E-state index in [-0.39, 0.29) is 11.9 Å². The van der Waals surface area contributed by atoms with E-state index in [0.717, 1.165) is 5.56 Å². The van der Waals surface area contributed by atoms with Gasteiger partial charge in [-0.2, -0.15) is 0 Å². The first-order valence-corrected chi connectivity index (χ1v) is 4.18. The normalized spacial score (nSPS) is 20.1. The van der Waals surface area contributed by atoms with Gasteiger partial charge in [0.25, 0.3) is 0 Å². The third-order valence-corrected chi connectivity index (χ3v) is 2.19. The highest BCUT2D eigenvalue weighted by Gasteiger charge is 2.28. The van der Waals surface area contributed by atoms with Crippen molar-refractivity contribution in [2.45, 2.75) is 13.0 Å². The minimum atomic E-state index is -0.202. The molecule has 1 atom stereocenters. The second-order valence-corrected chi connectivity index (χ2v) is 3.17. The molecule has 0 amide bonds. The first-order chi connectivity index (χ1) is 6.22. The van der Waals surface area contributed by atoms with Crippen molar-refractivity contribution in [1.82, 2.24) is 0 Å². The van der Waals surface area contributed by atoms with Crippen LogP contribution in [0.1, 0.15) is 17.2 Å². The van der Waals surface area contributed by atoms with Crippen molar-refractivity contribution < 1.29 is 13.9 Å². The smallest absolute Gasteiger partial charge is 0.126 e. The number of hydrogen-bond donors (Lipinski definition) is 0. The number of hydrogen-bond acceptors (Lipinski definition) is 2. The predicted molar refractivity (Wildman–Crippen MR) is 46.4 cm³/mol. The van der Waals surface area contributed by atoms with Crippen LogP contribution in [0.3, 0.4) is 0 Å². The van der Waals surface area contributed by atoms with Crippen LogP contribution in [0.4, 0.5) is 4.39 Å². The molecule has 0 bridgehead atoms. The molecule has 0 aromatic heterocycles. The van der Waals surface area contributed by atoms with Crippen LogP contribution in [0.2, 0.25) is 0 Å². The van der Waals surface area contributed by atoms with Gasteiger partial charge in [-0.3, -0.25) is 0 Å². The van der Waals surface area contributed by atoms with E-state index < -0.39 is 0 Å². The Morgan fingerprint density at radius 3 is 2.77 bits per heavy atom. The SMILES string of the molecule is COc1cc(C)c(F)cc1[C@@H]1CO1. The van der Waals surface area contributed by atoms with Crippen LogP contribution in [0.5, 0.6) is 5.75 Å². The summed E-state index contributed by atoms with van der Waals surface area (Å²) in [4.78, 5) is 0. The summed E-state index contributed by atoms with van der Waals surface area (Å²) in [5.41, 5.74) is 1.41. The maximum Gasteiger partial charge on any atom is 0.126 e. The Hall–Kier alpha value is -1.09. The molecule has 70 valence electrons. The van der Waals surface area contributed by atoms with Crippen LogP contribution in [0.25, 0.3) is 0 Å². The Bertz CT molecular complexity index is 332. The Kier molecular flexibility index (Phi) is 1.96. The van der Waals surface area contributed by atoms with Crippen LogP contribution >= 0.6 is 0 Å². The monoisotopic (exact) mass is 182 g/mol. The molecule has 13 heavy (non-hydrogen) atoms. The van der Waals surface area contributed by atoms with Gasteiger partial charge in [0.15, 0.2) is 0 Å². The van der Waals surface area contributed by atoms with Crippen LogP contribution < -0.4 is 4.74 Å². The van der Waals surface area contributed by atoms with Crippen LogP contribution in [-0.4, -0.2) is 13.7 Å². The topological polar surface area (TPSA) is 21.8 Å². The largest absolute Gasteiger partial charge is 0.496 e. The quantitative estimate of drug-likeness (QED) is 0.654. The average Bonchev–Trinajstić information content (AvgIpc) is 2.92. The maximum absolute atomic E-state index is 13.2. The standard InChI is InChI=1S/C10H11FO2/c1-6-3-9(12-2)7(4-8(6)11)10-5-13-10/h3-4,10H,5H2,1-2H3/t10-/m0/s1. The predicted octanol–water partition coefficient (Wildman–Crippen LogP) is 2.21. The van der Waals surface area contributed by atoms with E-state index in [9.17, 15) is 4.39 Å².